The largest absolute Gasteiger partial charge is 0.339 e. The van der Waals surface area contributed by atoms with E-state index in [1.807, 2.05) is 31.3 Å². The monoisotopic (exact) mass is 278 g/mol. The molecule has 0 saturated heterocycles. The molecule has 0 saturated carbocycles. The topological polar surface area (TPSA) is 79.8 Å². The van der Waals surface area contributed by atoms with E-state index in [9.17, 15) is 9.59 Å². The third-order valence-corrected chi connectivity index (χ3v) is 3.65. The van der Waals surface area contributed by atoms with Crippen LogP contribution in [-0.2, 0) is 13.6 Å². The lowest BCUT2D eigenvalue weighted by atomic mass is 10.2. The highest BCUT2D eigenvalue weighted by Crippen LogP contribution is 2.27. The van der Waals surface area contributed by atoms with E-state index < -0.39 is 11.1 Å². The minimum absolute atomic E-state index is 0.452. The fraction of sp³-hybridized carbons (Fsp3) is 0.250. The van der Waals surface area contributed by atoms with Gasteiger partial charge in [-0.2, -0.15) is 4.98 Å². The van der Waals surface area contributed by atoms with Crippen LogP contribution in [0.5, 0.6) is 0 Å². The lowest BCUT2D eigenvalue weighted by molar-refractivity contribution is 0.596. The fourth-order valence-electron chi connectivity index (χ4n) is 1.59. The third-order valence-electron chi connectivity index (χ3n) is 2.49. The standard InChI is InChI=1S/C12H14N4O2S/c1-13-7-8-5-3-4-6-9(8)19-12-14-10(17)11(18)15-16(12)2/h3-6,13H,7H2,1-2H3,(H,15,18). The predicted molar refractivity (Wildman–Crippen MR) is 73.4 cm³/mol. The number of hydrogen-bond acceptors (Lipinski definition) is 5. The maximum Gasteiger partial charge on any atom is 0.339 e. The van der Waals surface area contributed by atoms with Crippen LogP contribution in [0.25, 0.3) is 0 Å². The van der Waals surface area contributed by atoms with E-state index in [0.717, 1.165) is 17.0 Å². The molecule has 100 valence electrons. The highest BCUT2D eigenvalue weighted by atomic mass is 32.2. The molecule has 0 spiro atoms. The second kappa shape index (κ2) is 5.85. The number of aromatic amines is 1. The summed E-state index contributed by atoms with van der Waals surface area (Å²) in [5.41, 5.74) is -0.377. The molecule has 2 rings (SSSR count). The molecule has 0 fully saturated rings. The number of rotatable bonds is 4. The van der Waals surface area contributed by atoms with Crippen LogP contribution in [0.1, 0.15) is 5.56 Å². The molecule has 1 heterocycles. The Labute approximate surface area is 113 Å². The van der Waals surface area contributed by atoms with Crippen molar-refractivity contribution in [3.05, 3.63) is 50.5 Å². The summed E-state index contributed by atoms with van der Waals surface area (Å²) in [4.78, 5) is 27.2. The van der Waals surface area contributed by atoms with Crippen LogP contribution in [0.3, 0.4) is 0 Å². The molecule has 0 unspecified atom stereocenters. The molecule has 19 heavy (non-hydrogen) atoms. The van der Waals surface area contributed by atoms with Gasteiger partial charge in [-0.05, 0) is 30.4 Å². The molecule has 0 aliphatic carbocycles. The number of nitrogens with one attached hydrogen (secondary N) is 2. The lowest BCUT2D eigenvalue weighted by Crippen LogP contribution is -2.33. The van der Waals surface area contributed by atoms with E-state index in [0.29, 0.717) is 5.16 Å². The molecule has 0 bridgehead atoms. The Morgan fingerprint density at radius 3 is 2.84 bits per heavy atom. The van der Waals surface area contributed by atoms with Gasteiger partial charge in [0, 0.05) is 18.5 Å². The van der Waals surface area contributed by atoms with Crippen molar-refractivity contribution in [3.63, 3.8) is 0 Å². The van der Waals surface area contributed by atoms with Gasteiger partial charge in [0.2, 0.25) is 0 Å². The fourth-order valence-corrected chi connectivity index (χ4v) is 2.52. The van der Waals surface area contributed by atoms with Gasteiger partial charge in [-0.3, -0.25) is 19.4 Å². The van der Waals surface area contributed by atoms with Gasteiger partial charge in [0.15, 0.2) is 5.16 Å². The van der Waals surface area contributed by atoms with Gasteiger partial charge < -0.3 is 5.32 Å². The van der Waals surface area contributed by atoms with Crippen molar-refractivity contribution in [2.75, 3.05) is 7.05 Å². The summed E-state index contributed by atoms with van der Waals surface area (Å²) in [5, 5.41) is 5.97. The van der Waals surface area contributed by atoms with Gasteiger partial charge in [0.25, 0.3) is 0 Å². The maximum absolute atomic E-state index is 11.3. The van der Waals surface area contributed by atoms with Crippen LogP contribution in [0, 0.1) is 0 Å². The summed E-state index contributed by atoms with van der Waals surface area (Å²) >= 11 is 1.35. The SMILES string of the molecule is CNCc1ccccc1Sc1nc(=O)c(=O)[nH]n1C. The molecule has 2 aromatic rings. The third kappa shape index (κ3) is 3.12. The van der Waals surface area contributed by atoms with Crippen LogP contribution >= 0.6 is 11.8 Å². The molecule has 1 aromatic carbocycles. The van der Waals surface area contributed by atoms with Crippen molar-refractivity contribution >= 4 is 11.8 Å². The van der Waals surface area contributed by atoms with E-state index in [1.54, 1.807) is 7.05 Å². The summed E-state index contributed by atoms with van der Waals surface area (Å²) in [6.45, 7) is 0.723. The van der Waals surface area contributed by atoms with Gasteiger partial charge in [-0.1, -0.05) is 18.2 Å². The van der Waals surface area contributed by atoms with Crippen LogP contribution < -0.4 is 16.4 Å². The quantitative estimate of drug-likeness (QED) is 0.788. The molecule has 0 atom stereocenters. The molecule has 0 aliphatic rings. The van der Waals surface area contributed by atoms with Crippen LogP contribution in [0.4, 0.5) is 0 Å². The van der Waals surface area contributed by atoms with Gasteiger partial charge >= 0.3 is 11.1 Å². The second-order valence-electron chi connectivity index (χ2n) is 3.94. The summed E-state index contributed by atoms with van der Waals surface area (Å²) in [5.74, 6) is 0. The molecule has 0 amide bonds. The van der Waals surface area contributed by atoms with Crippen LogP contribution in [-0.4, -0.2) is 21.8 Å². The van der Waals surface area contributed by atoms with Crippen LogP contribution in [0.2, 0.25) is 0 Å². The Morgan fingerprint density at radius 2 is 2.11 bits per heavy atom. The Bertz CT molecular complexity index is 693. The van der Waals surface area contributed by atoms with Gasteiger partial charge in [-0.25, -0.2) is 0 Å². The normalized spacial score (nSPS) is 10.6. The van der Waals surface area contributed by atoms with Gasteiger partial charge in [-0.15, -0.1) is 0 Å². The zero-order chi connectivity index (χ0) is 13.8. The average molecular weight is 278 g/mol. The first kappa shape index (κ1) is 13.6. The molecule has 7 heteroatoms. The maximum atomic E-state index is 11.3. The van der Waals surface area contributed by atoms with E-state index in [4.69, 9.17) is 0 Å². The lowest BCUT2D eigenvalue weighted by Gasteiger charge is -2.09. The summed E-state index contributed by atoms with van der Waals surface area (Å²) in [6, 6.07) is 7.83. The highest BCUT2D eigenvalue weighted by Gasteiger charge is 2.08. The van der Waals surface area contributed by atoms with E-state index >= 15 is 0 Å². The summed E-state index contributed by atoms with van der Waals surface area (Å²) in [6.07, 6.45) is 0. The van der Waals surface area contributed by atoms with Crippen LogP contribution in [0.15, 0.2) is 43.9 Å². The molecular formula is C12H14N4O2S. The second-order valence-corrected chi connectivity index (χ2v) is 4.95. The van der Waals surface area contributed by atoms with Crippen molar-refractivity contribution in [3.8, 4) is 0 Å². The Hall–Kier alpha value is -1.86. The van der Waals surface area contributed by atoms with Gasteiger partial charge in [0.05, 0.1) is 0 Å². The van der Waals surface area contributed by atoms with E-state index in [2.05, 4.69) is 15.4 Å². The zero-order valence-electron chi connectivity index (χ0n) is 10.6. The molecule has 6 nitrogen and oxygen atoms in total. The Morgan fingerprint density at radius 1 is 1.37 bits per heavy atom. The Balaban J connectivity index is 2.39. The van der Waals surface area contributed by atoms with E-state index in [1.165, 1.54) is 16.4 Å². The molecule has 0 radical (unpaired) electrons. The highest BCUT2D eigenvalue weighted by molar-refractivity contribution is 7.99. The van der Waals surface area contributed by atoms with E-state index in [-0.39, 0.29) is 0 Å². The molecule has 1 aromatic heterocycles. The Kier molecular flexibility index (Phi) is 4.18. The molecule has 2 N–H and O–H groups in total. The summed E-state index contributed by atoms with van der Waals surface area (Å²) < 4.78 is 1.45. The number of H-pyrrole nitrogens is 1. The molecular weight excluding hydrogens is 264 g/mol. The van der Waals surface area contributed by atoms with Crippen molar-refractivity contribution in [2.24, 2.45) is 7.05 Å². The minimum atomic E-state index is -0.772. The zero-order valence-corrected chi connectivity index (χ0v) is 11.5. The average Bonchev–Trinajstić information content (AvgIpc) is 2.38. The van der Waals surface area contributed by atoms with Crippen molar-refractivity contribution in [1.29, 1.82) is 0 Å². The smallest absolute Gasteiger partial charge is 0.316 e. The minimum Gasteiger partial charge on any atom is -0.316 e. The number of nitrogens with zero attached hydrogens (tertiary/aromatic N) is 2. The predicted octanol–water partition coefficient (Wildman–Crippen LogP) is 0.339. The number of aryl methyl sites for hydroxylation is 1. The summed E-state index contributed by atoms with van der Waals surface area (Å²) in [7, 11) is 3.52. The first-order valence-corrected chi connectivity index (χ1v) is 6.51. The number of benzene rings is 1. The van der Waals surface area contributed by atoms with Gasteiger partial charge in [0.1, 0.15) is 0 Å². The van der Waals surface area contributed by atoms with Crippen molar-refractivity contribution in [1.82, 2.24) is 20.1 Å². The van der Waals surface area contributed by atoms with Crippen molar-refractivity contribution in [2.45, 2.75) is 16.6 Å². The number of aromatic nitrogens is 3. The number of hydrogen-bond donors (Lipinski definition) is 2. The first-order chi connectivity index (χ1) is 9.11. The molecule has 0 aliphatic heterocycles. The van der Waals surface area contributed by atoms with Crippen molar-refractivity contribution < 1.29 is 0 Å². The first-order valence-electron chi connectivity index (χ1n) is 5.69.